The molecule has 9 heteroatoms. The van der Waals surface area contributed by atoms with Crippen molar-refractivity contribution in [3.63, 3.8) is 0 Å². The first-order valence-electron chi connectivity index (χ1n) is 8.51. The molecule has 1 aliphatic rings. The largest absolute Gasteiger partial charge is 0.474 e. The van der Waals surface area contributed by atoms with Gasteiger partial charge in [-0.15, -0.1) is 0 Å². The van der Waals surface area contributed by atoms with E-state index in [4.69, 9.17) is 9.47 Å². The first-order valence-corrected chi connectivity index (χ1v) is 8.51. The average Bonchev–Trinajstić information content (AvgIpc) is 2.61. The van der Waals surface area contributed by atoms with Gasteiger partial charge >= 0.3 is 12.1 Å². The molecule has 1 atom stereocenters. The smallest absolute Gasteiger partial charge is 0.412 e. The molecule has 28 heavy (non-hydrogen) atoms. The quantitative estimate of drug-likeness (QED) is 0.804. The lowest BCUT2D eigenvalue weighted by atomic mass is 10.0. The second-order valence-electron chi connectivity index (χ2n) is 6.42. The van der Waals surface area contributed by atoms with Crippen molar-refractivity contribution in [2.24, 2.45) is 0 Å². The number of rotatable bonds is 4. The van der Waals surface area contributed by atoms with Crippen LogP contribution in [0.5, 0.6) is 5.88 Å². The van der Waals surface area contributed by atoms with Crippen molar-refractivity contribution >= 4 is 17.7 Å². The highest BCUT2D eigenvalue weighted by Crippen LogP contribution is 2.35. The number of aromatic nitrogens is 1. The van der Waals surface area contributed by atoms with E-state index in [1.165, 1.54) is 19.1 Å². The molecule has 2 heterocycles. The molecule has 0 bridgehead atoms. The lowest BCUT2D eigenvalue weighted by Gasteiger charge is -2.33. The zero-order chi connectivity index (χ0) is 20.4. The first-order chi connectivity index (χ1) is 13.3. The second kappa shape index (κ2) is 7.79. The molecule has 0 spiro atoms. The predicted octanol–water partition coefficient (Wildman–Crippen LogP) is 3.28. The number of nitrogens with zero attached hydrogens (tertiary/aromatic N) is 2. The molecule has 1 aromatic carbocycles. The van der Waals surface area contributed by atoms with Gasteiger partial charge in [-0.1, -0.05) is 6.07 Å². The lowest BCUT2D eigenvalue weighted by Crippen LogP contribution is -2.44. The monoisotopic (exact) mass is 392 g/mol. The van der Waals surface area contributed by atoms with Crippen molar-refractivity contribution in [3.8, 4) is 5.88 Å². The van der Waals surface area contributed by atoms with E-state index in [0.717, 1.165) is 17.0 Å². The Kier molecular flexibility index (Phi) is 5.43. The van der Waals surface area contributed by atoms with Crippen molar-refractivity contribution < 1.29 is 33.0 Å². The number of ether oxygens (including phenoxy) is 2. The Labute approximate surface area is 159 Å². The third kappa shape index (κ3) is 4.03. The van der Waals surface area contributed by atoms with E-state index in [9.17, 15) is 23.5 Å². The van der Waals surface area contributed by atoms with Crippen molar-refractivity contribution in [2.45, 2.75) is 32.9 Å². The molecule has 3 rings (SSSR count). The number of hydrogen-bond donors (Lipinski definition) is 1. The van der Waals surface area contributed by atoms with Crippen LogP contribution in [0, 0.1) is 11.6 Å². The Morgan fingerprint density at radius 3 is 2.71 bits per heavy atom. The summed E-state index contributed by atoms with van der Waals surface area (Å²) < 4.78 is 37.8. The third-order valence-electron chi connectivity index (χ3n) is 4.31. The molecule has 1 aromatic heterocycles. The SMILES string of the molecule is CC(=O)OCc1nc2c(cc1Cc1ccc(F)cc1F)N(C(=O)O)C(C)CO2. The highest BCUT2D eigenvalue weighted by Gasteiger charge is 2.32. The third-order valence-corrected chi connectivity index (χ3v) is 4.31. The fraction of sp³-hybridized carbons (Fsp3) is 0.316. The molecule has 0 saturated carbocycles. The minimum Gasteiger partial charge on any atom is -0.474 e. The highest BCUT2D eigenvalue weighted by molar-refractivity contribution is 5.89. The van der Waals surface area contributed by atoms with Gasteiger partial charge in [0, 0.05) is 19.4 Å². The standard InChI is InChI=1S/C19H18F2N2O5/c1-10-8-28-18-17(23(10)19(25)26)6-13(16(22-18)9-27-11(2)24)5-12-3-4-14(20)7-15(12)21/h3-4,6-7,10H,5,8-9H2,1-2H3,(H,25,26). The van der Waals surface area contributed by atoms with E-state index in [1.807, 2.05) is 0 Å². The van der Waals surface area contributed by atoms with Crippen LogP contribution in [0.25, 0.3) is 0 Å². The minimum absolute atomic E-state index is 0.00479. The van der Waals surface area contributed by atoms with E-state index in [1.54, 1.807) is 6.92 Å². The van der Waals surface area contributed by atoms with Crippen LogP contribution >= 0.6 is 0 Å². The minimum atomic E-state index is -1.18. The summed E-state index contributed by atoms with van der Waals surface area (Å²) in [5, 5.41) is 9.53. The predicted molar refractivity (Wildman–Crippen MR) is 94.3 cm³/mol. The first kappa shape index (κ1) is 19.5. The molecule has 0 aliphatic carbocycles. The number of carboxylic acid groups (broad SMARTS) is 1. The van der Waals surface area contributed by atoms with Gasteiger partial charge in [0.1, 0.15) is 30.5 Å². The van der Waals surface area contributed by atoms with Crippen LogP contribution in [0.4, 0.5) is 19.3 Å². The molecule has 0 radical (unpaired) electrons. The van der Waals surface area contributed by atoms with Crippen LogP contribution in [-0.4, -0.2) is 34.8 Å². The average molecular weight is 392 g/mol. The van der Waals surface area contributed by atoms with Gasteiger partial charge in [0.25, 0.3) is 0 Å². The Bertz CT molecular complexity index is 935. The van der Waals surface area contributed by atoms with Gasteiger partial charge in [-0.3, -0.25) is 9.69 Å². The molecule has 1 unspecified atom stereocenters. The molecule has 2 aromatic rings. The summed E-state index contributed by atoms with van der Waals surface area (Å²) in [5.41, 5.74) is 1.15. The lowest BCUT2D eigenvalue weighted by molar-refractivity contribution is -0.142. The number of fused-ring (bicyclic) bond motifs is 1. The Balaban J connectivity index is 2.06. The highest BCUT2D eigenvalue weighted by atomic mass is 19.1. The van der Waals surface area contributed by atoms with Crippen molar-refractivity contribution in [1.82, 2.24) is 4.98 Å². The summed E-state index contributed by atoms with van der Waals surface area (Å²) in [6.45, 7) is 2.85. The van der Waals surface area contributed by atoms with Gasteiger partial charge in [-0.05, 0) is 30.2 Å². The molecule has 7 nitrogen and oxygen atoms in total. The van der Waals surface area contributed by atoms with E-state index < -0.39 is 29.7 Å². The van der Waals surface area contributed by atoms with Crippen molar-refractivity contribution in [1.29, 1.82) is 0 Å². The maximum Gasteiger partial charge on any atom is 0.412 e. The number of hydrogen-bond acceptors (Lipinski definition) is 5. The molecular formula is C19H18F2N2O5. The van der Waals surface area contributed by atoms with Crippen LogP contribution < -0.4 is 9.64 Å². The van der Waals surface area contributed by atoms with Gasteiger partial charge in [0.2, 0.25) is 5.88 Å². The zero-order valence-corrected chi connectivity index (χ0v) is 15.2. The van der Waals surface area contributed by atoms with Gasteiger partial charge in [-0.2, -0.15) is 0 Å². The Morgan fingerprint density at radius 1 is 1.32 bits per heavy atom. The molecule has 0 fully saturated rings. The topological polar surface area (TPSA) is 89.0 Å². The molecular weight excluding hydrogens is 374 g/mol. The van der Waals surface area contributed by atoms with E-state index in [-0.39, 0.29) is 36.8 Å². The number of halogens is 2. The van der Waals surface area contributed by atoms with Gasteiger partial charge in [0.15, 0.2) is 0 Å². The second-order valence-corrected chi connectivity index (χ2v) is 6.42. The number of esters is 1. The summed E-state index contributed by atoms with van der Waals surface area (Å²) in [7, 11) is 0. The number of carbonyl (C=O) groups is 2. The van der Waals surface area contributed by atoms with Crippen LogP contribution in [0.1, 0.15) is 30.7 Å². The Morgan fingerprint density at radius 2 is 2.07 bits per heavy atom. The molecule has 1 N–H and O–H groups in total. The Hall–Kier alpha value is -3.23. The summed E-state index contributed by atoms with van der Waals surface area (Å²) in [5.74, 6) is -1.88. The maximum absolute atomic E-state index is 14.1. The molecule has 1 aliphatic heterocycles. The molecule has 148 valence electrons. The van der Waals surface area contributed by atoms with Gasteiger partial charge in [0.05, 0.1) is 11.7 Å². The number of anilines is 1. The van der Waals surface area contributed by atoms with Crippen molar-refractivity contribution in [3.05, 3.63) is 52.7 Å². The summed E-state index contributed by atoms with van der Waals surface area (Å²) in [6, 6.07) is 4.27. The van der Waals surface area contributed by atoms with Crippen LogP contribution in [0.2, 0.25) is 0 Å². The molecule has 0 saturated heterocycles. The van der Waals surface area contributed by atoms with Crippen molar-refractivity contribution in [2.75, 3.05) is 11.5 Å². The zero-order valence-electron chi connectivity index (χ0n) is 15.2. The summed E-state index contributed by atoms with van der Waals surface area (Å²) in [4.78, 5) is 28.3. The number of amides is 1. The number of pyridine rings is 1. The summed E-state index contributed by atoms with van der Waals surface area (Å²) in [6.07, 6.45) is -1.17. The van der Waals surface area contributed by atoms with E-state index in [2.05, 4.69) is 4.98 Å². The number of benzene rings is 1. The van der Waals surface area contributed by atoms with Gasteiger partial charge < -0.3 is 14.6 Å². The van der Waals surface area contributed by atoms with Crippen LogP contribution in [-0.2, 0) is 22.6 Å². The normalized spacial score (nSPS) is 15.6. The van der Waals surface area contributed by atoms with Crippen LogP contribution in [0.3, 0.4) is 0 Å². The maximum atomic E-state index is 14.1. The van der Waals surface area contributed by atoms with E-state index >= 15 is 0 Å². The number of carbonyl (C=O) groups excluding carboxylic acids is 1. The van der Waals surface area contributed by atoms with Crippen LogP contribution in [0.15, 0.2) is 24.3 Å². The fourth-order valence-corrected chi connectivity index (χ4v) is 2.96. The fourth-order valence-electron chi connectivity index (χ4n) is 2.96. The molecule has 1 amide bonds. The summed E-state index contributed by atoms with van der Waals surface area (Å²) >= 11 is 0. The van der Waals surface area contributed by atoms with E-state index in [0.29, 0.717) is 11.3 Å². The van der Waals surface area contributed by atoms with Gasteiger partial charge in [-0.25, -0.2) is 18.6 Å².